The van der Waals surface area contributed by atoms with E-state index in [-0.39, 0.29) is 18.9 Å². The van der Waals surface area contributed by atoms with Crippen molar-refractivity contribution in [2.45, 2.75) is 6.42 Å². The van der Waals surface area contributed by atoms with E-state index in [1.165, 1.54) is 4.90 Å². The zero-order chi connectivity index (χ0) is 27.1. The summed E-state index contributed by atoms with van der Waals surface area (Å²) in [7, 11) is 1.59. The van der Waals surface area contributed by atoms with Gasteiger partial charge in [-0.05, 0) is 72.8 Å². The maximum Gasteiger partial charge on any atom is 0.311 e. The van der Waals surface area contributed by atoms with Crippen LogP contribution in [0.5, 0.6) is 17.2 Å². The number of rotatable bonds is 8. The van der Waals surface area contributed by atoms with Crippen molar-refractivity contribution in [1.82, 2.24) is 10.9 Å². The topological polar surface area (TPSA) is 123 Å². The number of halogens is 1. The number of amides is 3. The number of nitrogens with one attached hydrogen (secondary N) is 2. The second kappa shape index (κ2) is 12.2. The molecule has 0 saturated carbocycles. The highest BCUT2D eigenvalue weighted by Crippen LogP contribution is 2.29. The third-order valence-electron chi connectivity index (χ3n) is 5.67. The predicted octanol–water partition coefficient (Wildman–Crippen LogP) is 3.61. The van der Waals surface area contributed by atoms with Crippen molar-refractivity contribution < 1.29 is 33.4 Å². The molecule has 3 aromatic carbocycles. The second-order valence-electron chi connectivity index (χ2n) is 8.29. The van der Waals surface area contributed by atoms with Crippen LogP contribution in [-0.2, 0) is 19.1 Å². The molecule has 1 atom stereocenters. The Bertz CT molecular complexity index is 1310. The first-order valence-electron chi connectivity index (χ1n) is 11.6. The minimum atomic E-state index is -0.720. The van der Waals surface area contributed by atoms with Crippen LogP contribution in [0.4, 0.5) is 5.69 Å². The number of benzene rings is 3. The Morgan fingerprint density at radius 2 is 1.50 bits per heavy atom. The second-order valence-corrected chi connectivity index (χ2v) is 9.21. The molecule has 2 N–H and O–H groups in total. The number of carbonyl (C=O) groups is 4. The Kier molecular flexibility index (Phi) is 8.59. The van der Waals surface area contributed by atoms with E-state index in [1.54, 1.807) is 79.9 Å². The molecule has 1 aliphatic heterocycles. The average Bonchev–Trinajstić information content (AvgIpc) is 3.33. The van der Waals surface area contributed by atoms with Gasteiger partial charge in [0, 0.05) is 28.7 Å². The molecule has 0 bridgehead atoms. The van der Waals surface area contributed by atoms with E-state index in [0.717, 1.165) is 10.2 Å². The van der Waals surface area contributed by atoms with Gasteiger partial charge in [-0.25, -0.2) is 0 Å². The Labute approximate surface area is 227 Å². The molecule has 1 saturated heterocycles. The molecular weight excluding hydrogens is 558 g/mol. The maximum absolute atomic E-state index is 12.5. The van der Waals surface area contributed by atoms with Crippen molar-refractivity contribution in [2.24, 2.45) is 5.92 Å². The summed E-state index contributed by atoms with van der Waals surface area (Å²) in [6, 6.07) is 20.6. The summed E-state index contributed by atoms with van der Waals surface area (Å²) < 4.78 is 16.8. The quantitative estimate of drug-likeness (QED) is 0.307. The molecule has 1 heterocycles. The lowest BCUT2D eigenvalue weighted by molar-refractivity contribution is -0.152. The number of hydrogen-bond donors (Lipinski definition) is 2. The molecule has 0 aromatic heterocycles. The third-order valence-corrected chi connectivity index (χ3v) is 6.20. The van der Waals surface area contributed by atoms with Crippen molar-refractivity contribution in [3.63, 3.8) is 0 Å². The van der Waals surface area contributed by atoms with E-state index in [9.17, 15) is 19.2 Å². The lowest BCUT2D eigenvalue weighted by atomic mass is 10.1. The smallest absolute Gasteiger partial charge is 0.311 e. The molecule has 0 aliphatic carbocycles. The number of carbonyl (C=O) groups excluding carboxylic acids is 4. The zero-order valence-electron chi connectivity index (χ0n) is 20.3. The normalized spacial score (nSPS) is 14.5. The van der Waals surface area contributed by atoms with E-state index in [0.29, 0.717) is 22.7 Å². The summed E-state index contributed by atoms with van der Waals surface area (Å²) in [5, 5.41) is 0. The number of anilines is 1. The average molecular weight is 582 g/mol. The van der Waals surface area contributed by atoms with Crippen molar-refractivity contribution >= 4 is 45.3 Å². The number of nitrogens with zero attached hydrogens (tertiary/aromatic N) is 1. The minimum Gasteiger partial charge on any atom is -0.497 e. The molecule has 1 aliphatic rings. The van der Waals surface area contributed by atoms with Gasteiger partial charge in [0.15, 0.2) is 6.61 Å². The monoisotopic (exact) mass is 581 g/mol. The highest BCUT2D eigenvalue weighted by Gasteiger charge is 2.36. The SMILES string of the molecule is COc1ccc(Oc2ccc(N3C[C@@H](C(=O)OCC(=O)NNC(=O)c4ccc(Br)cc4)CC3=O)cc2)cc1. The van der Waals surface area contributed by atoms with Crippen molar-refractivity contribution in [1.29, 1.82) is 0 Å². The third kappa shape index (κ3) is 6.88. The van der Waals surface area contributed by atoms with Gasteiger partial charge in [0.1, 0.15) is 17.2 Å². The molecule has 38 heavy (non-hydrogen) atoms. The fraction of sp³-hybridized carbons (Fsp3) is 0.185. The van der Waals surface area contributed by atoms with Gasteiger partial charge in [-0.2, -0.15) is 0 Å². The number of methoxy groups -OCH3 is 1. The lowest BCUT2D eigenvalue weighted by Crippen LogP contribution is -2.43. The predicted molar refractivity (Wildman–Crippen MR) is 141 cm³/mol. The van der Waals surface area contributed by atoms with Crippen molar-refractivity contribution in [3.8, 4) is 17.2 Å². The van der Waals surface area contributed by atoms with Crippen molar-refractivity contribution in [3.05, 3.63) is 82.8 Å². The molecule has 3 amide bonds. The highest BCUT2D eigenvalue weighted by molar-refractivity contribution is 9.10. The Morgan fingerprint density at radius 1 is 0.895 bits per heavy atom. The Balaban J connectivity index is 1.23. The van der Waals surface area contributed by atoms with Gasteiger partial charge >= 0.3 is 5.97 Å². The van der Waals surface area contributed by atoms with E-state index in [4.69, 9.17) is 14.2 Å². The van der Waals surface area contributed by atoms with Gasteiger partial charge in [0.25, 0.3) is 11.8 Å². The summed E-state index contributed by atoms with van der Waals surface area (Å²) in [5.41, 5.74) is 5.39. The maximum atomic E-state index is 12.5. The van der Waals surface area contributed by atoms with E-state index >= 15 is 0 Å². The summed E-state index contributed by atoms with van der Waals surface area (Å²) in [4.78, 5) is 50.5. The fourth-order valence-electron chi connectivity index (χ4n) is 3.68. The standard InChI is InChI=1S/C27H24BrN3O7/c1-36-21-10-12-23(13-11-21)38-22-8-6-20(7-9-22)31-15-18(14-25(31)33)27(35)37-16-24(32)29-30-26(34)17-2-4-19(28)5-3-17/h2-13,18H,14-16H2,1H3,(H,29,32)(H,30,34)/t18-/m0/s1. The highest BCUT2D eigenvalue weighted by atomic mass is 79.9. The van der Waals surface area contributed by atoms with Crippen molar-refractivity contribution in [2.75, 3.05) is 25.2 Å². The molecule has 10 nitrogen and oxygen atoms in total. The summed E-state index contributed by atoms with van der Waals surface area (Å²) in [5.74, 6) is -0.917. The van der Waals surface area contributed by atoms with Gasteiger partial charge in [0.05, 0.1) is 13.0 Å². The van der Waals surface area contributed by atoms with Crippen LogP contribution in [-0.4, -0.2) is 44.0 Å². The summed E-state index contributed by atoms with van der Waals surface area (Å²) >= 11 is 3.27. The van der Waals surface area contributed by atoms with Gasteiger partial charge in [0.2, 0.25) is 5.91 Å². The first kappa shape index (κ1) is 26.7. The summed E-state index contributed by atoms with van der Waals surface area (Å²) in [6.07, 6.45) is -0.0369. The Hall–Kier alpha value is -4.38. The first-order valence-corrected chi connectivity index (χ1v) is 12.4. The van der Waals surface area contributed by atoms with E-state index in [1.807, 2.05) is 0 Å². The molecule has 4 rings (SSSR count). The van der Waals surface area contributed by atoms with E-state index in [2.05, 4.69) is 26.8 Å². The number of hydrazine groups is 1. The molecule has 1 fully saturated rings. The fourth-order valence-corrected chi connectivity index (χ4v) is 3.94. The number of hydrogen-bond acceptors (Lipinski definition) is 7. The first-order chi connectivity index (χ1) is 18.3. The van der Waals surface area contributed by atoms with Crippen LogP contribution in [0, 0.1) is 5.92 Å². The zero-order valence-corrected chi connectivity index (χ0v) is 21.9. The molecule has 196 valence electrons. The minimum absolute atomic E-state index is 0.0369. The lowest BCUT2D eigenvalue weighted by Gasteiger charge is -2.17. The van der Waals surface area contributed by atoms with Crippen LogP contribution < -0.4 is 25.2 Å². The summed E-state index contributed by atoms with van der Waals surface area (Å²) in [6.45, 7) is -0.472. The van der Waals surface area contributed by atoms with E-state index < -0.39 is 30.3 Å². The molecule has 3 aromatic rings. The van der Waals surface area contributed by atoms with Crippen LogP contribution in [0.1, 0.15) is 16.8 Å². The molecule has 11 heteroatoms. The van der Waals surface area contributed by atoms with Gasteiger partial charge < -0.3 is 19.1 Å². The molecule has 0 radical (unpaired) electrons. The van der Waals surface area contributed by atoms with Crippen LogP contribution >= 0.6 is 15.9 Å². The number of esters is 1. The van der Waals surface area contributed by atoms with Crippen LogP contribution in [0.15, 0.2) is 77.3 Å². The number of ether oxygens (including phenoxy) is 3. The van der Waals surface area contributed by atoms with Crippen LogP contribution in [0.25, 0.3) is 0 Å². The molecule has 0 unspecified atom stereocenters. The van der Waals surface area contributed by atoms with Gasteiger partial charge in [-0.15, -0.1) is 0 Å². The van der Waals surface area contributed by atoms with Crippen LogP contribution in [0.2, 0.25) is 0 Å². The van der Waals surface area contributed by atoms with Crippen LogP contribution in [0.3, 0.4) is 0 Å². The van der Waals surface area contributed by atoms with Gasteiger partial charge in [-0.3, -0.25) is 30.0 Å². The largest absolute Gasteiger partial charge is 0.497 e. The van der Waals surface area contributed by atoms with Gasteiger partial charge in [-0.1, -0.05) is 15.9 Å². The Morgan fingerprint density at radius 3 is 2.13 bits per heavy atom. The molecule has 0 spiro atoms. The molecular formula is C27H24BrN3O7.